The lowest BCUT2D eigenvalue weighted by atomic mass is 9.67. The number of carbonyl (C=O) groups is 1. The largest absolute Gasteiger partial charge is 0.351 e. The van der Waals surface area contributed by atoms with E-state index in [0.29, 0.717) is 12.5 Å². The number of hydrogen-bond donors (Lipinski definition) is 2. The van der Waals surface area contributed by atoms with Crippen LogP contribution in [0.3, 0.4) is 0 Å². The van der Waals surface area contributed by atoms with Crippen molar-refractivity contribution in [3.05, 3.63) is 21.9 Å². The number of nitrogens with one attached hydrogen (secondary N) is 2. The molecule has 2 atom stereocenters. The van der Waals surface area contributed by atoms with Gasteiger partial charge in [0, 0.05) is 11.4 Å². The standard InChI is InChI=1S/C15H22N2OS/c1-11-5-7-19-13(11)9-17-14(18)15-6-3-2-4-12(15)8-16-10-15/h5,7,12,16H,2-4,6,8-10H2,1H3,(H,17,18)/t12-,15+/m0/s1. The van der Waals surface area contributed by atoms with Crippen LogP contribution in [0.5, 0.6) is 0 Å². The van der Waals surface area contributed by atoms with Crippen molar-refractivity contribution in [2.75, 3.05) is 13.1 Å². The molecule has 3 rings (SSSR count). The first kappa shape index (κ1) is 13.1. The van der Waals surface area contributed by atoms with Crippen molar-refractivity contribution >= 4 is 17.2 Å². The third kappa shape index (κ3) is 2.32. The summed E-state index contributed by atoms with van der Waals surface area (Å²) in [6.45, 7) is 4.69. The van der Waals surface area contributed by atoms with Gasteiger partial charge in [0.25, 0.3) is 0 Å². The molecule has 3 nitrogen and oxygen atoms in total. The molecule has 19 heavy (non-hydrogen) atoms. The van der Waals surface area contributed by atoms with Crippen LogP contribution in [0.1, 0.15) is 36.1 Å². The van der Waals surface area contributed by atoms with Gasteiger partial charge in [0.05, 0.1) is 12.0 Å². The predicted molar refractivity (Wildman–Crippen MR) is 78.2 cm³/mol. The molecule has 2 heterocycles. The Morgan fingerprint density at radius 1 is 1.58 bits per heavy atom. The van der Waals surface area contributed by atoms with Gasteiger partial charge in [0.15, 0.2) is 0 Å². The maximum absolute atomic E-state index is 12.7. The first-order chi connectivity index (χ1) is 9.22. The summed E-state index contributed by atoms with van der Waals surface area (Å²) in [6.07, 6.45) is 4.74. The zero-order valence-electron chi connectivity index (χ0n) is 11.5. The molecule has 1 aromatic heterocycles. The number of fused-ring (bicyclic) bond motifs is 1. The minimum absolute atomic E-state index is 0.122. The highest BCUT2D eigenvalue weighted by atomic mass is 32.1. The van der Waals surface area contributed by atoms with Gasteiger partial charge in [0.2, 0.25) is 5.91 Å². The molecule has 2 N–H and O–H groups in total. The molecular weight excluding hydrogens is 256 g/mol. The lowest BCUT2D eigenvalue weighted by Gasteiger charge is -2.37. The molecule has 2 fully saturated rings. The van der Waals surface area contributed by atoms with Crippen LogP contribution >= 0.6 is 11.3 Å². The Labute approximate surface area is 118 Å². The second-order valence-corrected chi connectivity index (χ2v) is 6.94. The third-order valence-electron chi connectivity index (χ3n) is 4.87. The zero-order valence-corrected chi connectivity index (χ0v) is 12.3. The maximum atomic E-state index is 12.7. The quantitative estimate of drug-likeness (QED) is 0.891. The van der Waals surface area contributed by atoms with Crippen LogP contribution < -0.4 is 10.6 Å². The van der Waals surface area contributed by atoms with Gasteiger partial charge in [-0.3, -0.25) is 4.79 Å². The second kappa shape index (κ2) is 5.25. The summed E-state index contributed by atoms with van der Waals surface area (Å²) >= 11 is 1.73. The number of hydrogen-bond acceptors (Lipinski definition) is 3. The van der Waals surface area contributed by atoms with E-state index in [4.69, 9.17) is 0 Å². The zero-order chi connectivity index (χ0) is 13.3. The van der Waals surface area contributed by atoms with Gasteiger partial charge in [-0.1, -0.05) is 12.8 Å². The van der Waals surface area contributed by atoms with Crippen molar-refractivity contribution in [2.24, 2.45) is 11.3 Å². The van der Waals surface area contributed by atoms with Gasteiger partial charge in [-0.2, -0.15) is 0 Å². The Morgan fingerprint density at radius 3 is 3.26 bits per heavy atom. The lowest BCUT2D eigenvalue weighted by Crippen LogP contribution is -2.47. The number of thiophene rings is 1. The molecule has 4 heteroatoms. The van der Waals surface area contributed by atoms with Crippen LogP contribution in [0.15, 0.2) is 11.4 Å². The van der Waals surface area contributed by atoms with Gasteiger partial charge in [-0.15, -0.1) is 11.3 Å². The van der Waals surface area contributed by atoms with E-state index in [2.05, 4.69) is 29.0 Å². The number of rotatable bonds is 3. The highest BCUT2D eigenvalue weighted by molar-refractivity contribution is 7.10. The fourth-order valence-corrected chi connectivity index (χ4v) is 4.46. The molecule has 1 aliphatic carbocycles. The van der Waals surface area contributed by atoms with Gasteiger partial charge >= 0.3 is 0 Å². The van der Waals surface area contributed by atoms with Crippen molar-refractivity contribution in [3.63, 3.8) is 0 Å². The fraction of sp³-hybridized carbons (Fsp3) is 0.667. The molecule has 0 bridgehead atoms. The molecule has 0 spiro atoms. The normalized spacial score (nSPS) is 30.1. The van der Waals surface area contributed by atoms with Crippen LogP contribution in [0.25, 0.3) is 0 Å². The van der Waals surface area contributed by atoms with E-state index in [9.17, 15) is 4.79 Å². The summed E-state index contributed by atoms with van der Waals surface area (Å²) in [5, 5.41) is 8.71. The van der Waals surface area contributed by atoms with E-state index in [1.807, 2.05) is 0 Å². The predicted octanol–water partition coefficient (Wildman–Crippen LogP) is 2.45. The van der Waals surface area contributed by atoms with E-state index in [1.54, 1.807) is 11.3 Å². The Morgan fingerprint density at radius 2 is 2.47 bits per heavy atom. The molecule has 1 amide bonds. The first-order valence-electron chi connectivity index (χ1n) is 7.24. The lowest BCUT2D eigenvalue weighted by molar-refractivity contribution is -0.134. The van der Waals surface area contributed by atoms with Gasteiger partial charge in [0.1, 0.15) is 0 Å². The first-order valence-corrected chi connectivity index (χ1v) is 8.12. The molecule has 0 aromatic carbocycles. The maximum Gasteiger partial charge on any atom is 0.228 e. The number of aryl methyl sites for hydroxylation is 1. The summed E-state index contributed by atoms with van der Waals surface area (Å²) < 4.78 is 0. The van der Waals surface area contributed by atoms with E-state index < -0.39 is 0 Å². The van der Waals surface area contributed by atoms with Crippen molar-refractivity contribution in [1.29, 1.82) is 0 Å². The number of carbonyl (C=O) groups excluding carboxylic acids is 1. The van der Waals surface area contributed by atoms with Crippen molar-refractivity contribution in [1.82, 2.24) is 10.6 Å². The van der Waals surface area contributed by atoms with Crippen molar-refractivity contribution in [2.45, 2.75) is 39.2 Å². The van der Waals surface area contributed by atoms with Gasteiger partial charge < -0.3 is 10.6 Å². The summed E-state index contributed by atoms with van der Waals surface area (Å²) in [6, 6.07) is 2.12. The molecule has 2 aliphatic rings. The molecule has 1 aromatic rings. The van der Waals surface area contributed by atoms with Crippen molar-refractivity contribution in [3.8, 4) is 0 Å². The van der Waals surface area contributed by atoms with E-state index in [-0.39, 0.29) is 11.3 Å². The topological polar surface area (TPSA) is 41.1 Å². The van der Waals surface area contributed by atoms with Crippen molar-refractivity contribution < 1.29 is 4.79 Å². The van der Waals surface area contributed by atoms with E-state index >= 15 is 0 Å². The summed E-state index contributed by atoms with van der Waals surface area (Å²) in [5.41, 5.74) is 1.16. The average molecular weight is 278 g/mol. The minimum atomic E-state index is -0.122. The monoisotopic (exact) mass is 278 g/mol. The van der Waals surface area contributed by atoms with Crippen LogP contribution in [-0.4, -0.2) is 19.0 Å². The molecule has 0 unspecified atom stereocenters. The number of amides is 1. The molecule has 0 radical (unpaired) electrons. The highest BCUT2D eigenvalue weighted by Crippen LogP contribution is 2.43. The third-order valence-corrected chi connectivity index (χ3v) is 5.89. The molecule has 104 valence electrons. The Hall–Kier alpha value is -0.870. The van der Waals surface area contributed by atoms with E-state index in [1.165, 1.54) is 29.7 Å². The fourth-order valence-electron chi connectivity index (χ4n) is 3.61. The SMILES string of the molecule is Cc1ccsc1CNC(=O)[C@@]12CCCC[C@H]1CNC2. The minimum Gasteiger partial charge on any atom is -0.351 e. The molecule has 1 aliphatic heterocycles. The smallest absolute Gasteiger partial charge is 0.228 e. The molecular formula is C15H22N2OS. The van der Waals surface area contributed by atoms with Crippen LogP contribution in [0, 0.1) is 18.3 Å². The summed E-state index contributed by atoms with van der Waals surface area (Å²) in [4.78, 5) is 13.9. The Bertz CT molecular complexity index is 470. The van der Waals surface area contributed by atoms with E-state index in [0.717, 1.165) is 19.5 Å². The second-order valence-electron chi connectivity index (χ2n) is 5.94. The van der Waals surface area contributed by atoms with Crippen LogP contribution in [0.4, 0.5) is 0 Å². The van der Waals surface area contributed by atoms with Crippen LogP contribution in [-0.2, 0) is 11.3 Å². The molecule has 1 saturated heterocycles. The van der Waals surface area contributed by atoms with Gasteiger partial charge in [-0.05, 0) is 49.2 Å². The van der Waals surface area contributed by atoms with Gasteiger partial charge in [-0.25, -0.2) is 0 Å². The summed E-state index contributed by atoms with van der Waals surface area (Å²) in [5.74, 6) is 0.820. The average Bonchev–Trinajstić information content (AvgIpc) is 3.02. The Kier molecular flexibility index (Phi) is 3.63. The molecule has 1 saturated carbocycles. The Balaban J connectivity index is 1.67. The van der Waals surface area contributed by atoms with Crippen LogP contribution in [0.2, 0.25) is 0 Å². The highest BCUT2D eigenvalue weighted by Gasteiger charge is 2.49. The summed E-state index contributed by atoms with van der Waals surface area (Å²) in [7, 11) is 0.